The Kier molecular flexibility index (Phi) is 11.4. The molecule has 1 aliphatic carbocycles. The maximum atomic E-state index is 15.2. The van der Waals surface area contributed by atoms with Crippen molar-refractivity contribution in [1.29, 1.82) is 0 Å². The van der Waals surface area contributed by atoms with Gasteiger partial charge < -0.3 is 30.7 Å². The molecule has 2 aliphatic rings. The van der Waals surface area contributed by atoms with E-state index < -0.39 is 50.7 Å². The smallest absolute Gasteiger partial charge is 0.407 e. The summed E-state index contributed by atoms with van der Waals surface area (Å²) in [5.41, 5.74) is 1.82. The number of anilines is 1. The molecule has 4 aromatic rings. The lowest BCUT2D eigenvalue weighted by Crippen LogP contribution is -2.40. The summed E-state index contributed by atoms with van der Waals surface area (Å²) in [5, 5.41) is 11.5. The lowest BCUT2D eigenvalue weighted by atomic mass is 9.86. The van der Waals surface area contributed by atoms with E-state index in [0.29, 0.717) is 40.7 Å². The number of aromatic nitrogens is 1. The second-order valence-electron chi connectivity index (χ2n) is 13.1. The predicted molar refractivity (Wildman–Crippen MR) is 196 cm³/mol. The second kappa shape index (κ2) is 16.0. The van der Waals surface area contributed by atoms with E-state index in [0.717, 1.165) is 12.0 Å². The monoisotopic (exact) mass is 749 g/mol. The molecule has 2 fully saturated rings. The van der Waals surface area contributed by atoms with Crippen LogP contribution in [0.1, 0.15) is 29.0 Å². The minimum Gasteiger partial charge on any atom is -0.481 e. The first kappa shape index (κ1) is 37.2. The molecule has 4 N–H and O–H groups in total. The van der Waals surface area contributed by atoms with Gasteiger partial charge in [0.05, 0.1) is 17.9 Å². The van der Waals surface area contributed by atoms with Crippen molar-refractivity contribution in [2.45, 2.75) is 47.2 Å². The Morgan fingerprint density at radius 2 is 1.71 bits per heavy atom. The van der Waals surface area contributed by atoms with Crippen LogP contribution in [0.4, 0.5) is 14.9 Å². The number of ether oxygens (including phenoxy) is 2. The molecule has 52 heavy (non-hydrogen) atoms. The first-order valence-electron chi connectivity index (χ1n) is 17.0. The Hall–Kier alpha value is -4.56. The third-order valence-electron chi connectivity index (χ3n) is 9.80. The largest absolute Gasteiger partial charge is 0.481 e. The van der Waals surface area contributed by atoms with E-state index in [-0.39, 0.29) is 24.0 Å². The number of sulfone groups is 1. The Morgan fingerprint density at radius 3 is 2.37 bits per heavy atom. The number of halogens is 2. The molecule has 2 heterocycles. The molecule has 1 aliphatic heterocycles. The van der Waals surface area contributed by atoms with Crippen LogP contribution in [-0.2, 0) is 25.8 Å². The molecule has 0 unspecified atom stereocenters. The number of carbonyl (C=O) groups excluding carboxylic acids is 2. The summed E-state index contributed by atoms with van der Waals surface area (Å²) in [6.45, 7) is 1.11. The third-order valence-corrected chi connectivity index (χ3v) is 12.4. The van der Waals surface area contributed by atoms with Crippen molar-refractivity contribution in [2.24, 2.45) is 5.41 Å². The number of alkyl carbamates (subject to hydrolysis) is 1. The van der Waals surface area contributed by atoms with Crippen molar-refractivity contribution >= 4 is 39.1 Å². The minimum absolute atomic E-state index is 0.00602. The number of hydrogen-bond acceptors (Lipinski definition) is 9. The lowest BCUT2D eigenvalue weighted by Gasteiger charge is -2.27. The van der Waals surface area contributed by atoms with Gasteiger partial charge in [-0.25, -0.2) is 22.6 Å². The van der Waals surface area contributed by atoms with Crippen LogP contribution in [0.25, 0.3) is 0 Å². The van der Waals surface area contributed by atoms with Gasteiger partial charge in [-0.3, -0.25) is 4.79 Å². The highest BCUT2D eigenvalue weighted by molar-refractivity contribution is 7.92. The van der Waals surface area contributed by atoms with Crippen LogP contribution in [0.5, 0.6) is 5.88 Å². The van der Waals surface area contributed by atoms with Crippen LogP contribution in [-0.4, -0.2) is 82.8 Å². The van der Waals surface area contributed by atoms with Crippen molar-refractivity contribution < 1.29 is 31.9 Å². The molecule has 1 saturated carbocycles. The molecule has 1 spiro atoms. The summed E-state index contributed by atoms with van der Waals surface area (Å²) >= 11 is 6.16. The van der Waals surface area contributed by atoms with Crippen LogP contribution in [0.3, 0.4) is 0 Å². The molecule has 0 bridgehead atoms. The maximum Gasteiger partial charge on any atom is 0.407 e. The maximum absolute atomic E-state index is 15.2. The van der Waals surface area contributed by atoms with Gasteiger partial charge in [-0.05, 0) is 65.9 Å². The van der Waals surface area contributed by atoms with Crippen LogP contribution in [0.15, 0.2) is 102 Å². The van der Waals surface area contributed by atoms with E-state index in [2.05, 4.69) is 26.3 Å². The number of benzene rings is 3. The normalized spacial score (nSPS) is 22.4. The zero-order valence-corrected chi connectivity index (χ0v) is 30.3. The van der Waals surface area contributed by atoms with Crippen molar-refractivity contribution in [3.63, 3.8) is 0 Å². The first-order chi connectivity index (χ1) is 25.1. The van der Waals surface area contributed by atoms with Gasteiger partial charge in [0.25, 0.3) is 5.91 Å². The number of pyridine rings is 1. The average molecular weight is 750 g/mol. The average Bonchev–Trinajstić information content (AvgIpc) is 3.83. The fourth-order valence-electron chi connectivity index (χ4n) is 6.84. The van der Waals surface area contributed by atoms with Crippen molar-refractivity contribution in [3.8, 4) is 5.88 Å². The summed E-state index contributed by atoms with van der Waals surface area (Å²) in [5.74, 6) is -0.890. The molecule has 6 rings (SSSR count). The summed E-state index contributed by atoms with van der Waals surface area (Å²) < 4.78 is 52.6. The van der Waals surface area contributed by atoms with Gasteiger partial charge >= 0.3 is 6.09 Å². The number of alkyl halides is 1. The fourth-order valence-corrected chi connectivity index (χ4v) is 9.22. The Morgan fingerprint density at radius 1 is 1.00 bits per heavy atom. The van der Waals surface area contributed by atoms with E-state index >= 15 is 4.39 Å². The summed E-state index contributed by atoms with van der Waals surface area (Å²) in [6.07, 6.45) is -0.523. The number of aryl methyl sites for hydroxylation is 1. The van der Waals surface area contributed by atoms with E-state index in [1.54, 1.807) is 72.9 Å². The molecule has 1 aromatic heterocycles. The minimum atomic E-state index is -3.80. The van der Waals surface area contributed by atoms with Gasteiger partial charge in [0, 0.05) is 61.1 Å². The van der Waals surface area contributed by atoms with Crippen molar-refractivity contribution in [3.05, 3.63) is 119 Å². The van der Waals surface area contributed by atoms with Gasteiger partial charge in [-0.15, -0.1) is 0 Å². The Bertz CT molecular complexity index is 1950. The molecule has 0 radical (unpaired) electrons. The number of hydrogen-bond donors (Lipinski definition) is 4. The number of nitrogens with one attached hydrogen (secondary N) is 4. The quantitative estimate of drug-likeness (QED) is 0.159. The molecule has 6 atom stereocenters. The van der Waals surface area contributed by atoms with Gasteiger partial charge in [0.15, 0.2) is 15.9 Å². The lowest BCUT2D eigenvalue weighted by molar-refractivity contribution is -0.124. The van der Waals surface area contributed by atoms with E-state index in [1.807, 2.05) is 12.1 Å². The highest BCUT2D eigenvalue weighted by atomic mass is 35.5. The fraction of sp³-hybridized carbons (Fsp3) is 0.342. The molecule has 11 nitrogen and oxygen atoms in total. The van der Waals surface area contributed by atoms with E-state index in [1.165, 1.54) is 26.3 Å². The molecule has 14 heteroatoms. The van der Waals surface area contributed by atoms with Crippen LogP contribution in [0, 0.1) is 5.41 Å². The summed E-state index contributed by atoms with van der Waals surface area (Å²) in [4.78, 5) is 30.8. The SMILES string of the molecule is CNC(=O)O[C@H](C(=O)Nc1ccc(CC[C@H]2CNC[C@]3(CN2)[C@H](F)[C@H]3S(=O)(=O)c2ccccc2)cc1)[C@@H](c1ccc(Cl)cc1)c1ccc(OC)nc1. The zero-order chi connectivity index (χ0) is 36.9. The standard InChI is InChI=1S/C38H41ClFN5O6S/c1-41-37(47)51-33(32(25-11-14-27(39)15-12-25)26-13-19-31(50-2)43-20-26)36(46)45-28-16-8-24(9-17-28)10-18-29-21-42-22-38(23-44-29)34(40)35(38)52(48,49)30-6-4-3-5-7-30/h3-9,11-17,19-20,29,32-35,42,44H,10,18,21-23H2,1-2H3,(H,41,47)(H,45,46)/t29-,32-,33-,34+,35+,38-/m0/s1. The molecule has 274 valence electrons. The highest BCUT2D eigenvalue weighted by Gasteiger charge is 2.72. The van der Waals surface area contributed by atoms with Crippen LogP contribution in [0.2, 0.25) is 5.02 Å². The summed E-state index contributed by atoms with van der Waals surface area (Å²) in [7, 11) is -0.882. The molecule has 3 aromatic carbocycles. The van der Waals surface area contributed by atoms with Crippen molar-refractivity contribution in [1.82, 2.24) is 20.9 Å². The predicted octanol–water partition coefficient (Wildman–Crippen LogP) is 4.91. The second-order valence-corrected chi connectivity index (χ2v) is 15.6. The number of rotatable bonds is 12. The third kappa shape index (κ3) is 8.07. The molecular formula is C38H41ClFN5O6S. The summed E-state index contributed by atoms with van der Waals surface area (Å²) in [6, 6.07) is 25.8. The Balaban J connectivity index is 1.10. The zero-order valence-electron chi connectivity index (χ0n) is 28.7. The molecule has 1 saturated heterocycles. The molecule has 2 amide bonds. The number of methoxy groups -OCH3 is 1. The van der Waals surface area contributed by atoms with Gasteiger partial charge in [0.1, 0.15) is 11.4 Å². The number of amides is 2. The van der Waals surface area contributed by atoms with Gasteiger partial charge in [0.2, 0.25) is 5.88 Å². The molecular weight excluding hydrogens is 709 g/mol. The van der Waals surface area contributed by atoms with E-state index in [4.69, 9.17) is 21.1 Å². The van der Waals surface area contributed by atoms with E-state index in [9.17, 15) is 18.0 Å². The number of nitrogens with zero attached hydrogens (tertiary/aromatic N) is 1. The van der Waals surface area contributed by atoms with Crippen LogP contribution < -0.4 is 26.0 Å². The first-order valence-corrected chi connectivity index (χ1v) is 18.9. The topological polar surface area (TPSA) is 148 Å². The highest BCUT2D eigenvalue weighted by Crippen LogP contribution is 2.54. The van der Waals surface area contributed by atoms with Gasteiger partial charge in [-0.2, -0.15) is 0 Å². The van der Waals surface area contributed by atoms with Gasteiger partial charge in [-0.1, -0.05) is 60.1 Å². The number of carbonyl (C=O) groups is 2. The Labute approximate surface area is 307 Å². The van der Waals surface area contributed by atoms with Crippen molar-refractivity contribution in [2.75, 3.05) is 39.1 Å². The van der Waals surface area contributed by atoms with Crippen LogP contribution >= 0.6 is 11.6 Å².